The highest BCUT2D eigenvalue weighted by Gasteiger charge is 2.35. The van der Waals surface area contributed by atoms with Crippen LogP contribution in [0.25, 0.3) is 0 Å². The van der Waals surface area contributed by atoms with Crippen LogP contribution in [0.1, 0.15) is 36.4 Å². The molecule has 0 amide bonds. The molecule has 2 aliphatic rings. The topological polar surface area (TPSA) is 137 Å². The monoisotopic (exact) mass is 482 g/mol. The lowest BCUT2D eigenvalue weighted by Gasteiger charge is -2.21. The number of nitrogens with one attached hydrogen (secondary N) is 1. The second kappa shape index (κ2) is 9.48. The molecule has 0 aliphatic heterocycles. The third kappa shape index (κ3) is 5.49. The van der Waals surface area contributed by atoms with Gasteiger partial charge in [-0.25, -0.2) is 23.5 Å². The molecule has 0 saturated heterocycles. The summed E-state index contributed by atoms with van der Waals surface area (Å²) in [6, 6.07) is 7.43. The van der Waals surface area contributed by atoms with Gasteiger partial charge in [0.15, 0.2) is 0 Å². The Bertz CT molecular complexity index is 1070. The fraction of sp³-hybridized carbons (Fsp3) is 0.524. The van der Waals surface area contributed by atoms with Crippen LogP contribution in [0.15, 0.2) is 30.6 Å². The summed E-state index contributed by atoms with van der Waals surface area (Å²) in [5.41, 5.74) is 2.25. The molecule has 0 unspecified atom stereocenters. The van der Waals surface area contributed by atoms with Gasteiger partial charge in [0.2, 0.25) is 15.9 Å². The van der Waals surface area contributed by atoms with Gasteiger partial charge in [0, 0.05) is 31.0 Å². The molecule has 174 valence electrons. The van der Waals surface area contributed by atoms with Crippen molar-refractivity contribution < 1.29 is 23.0 Å². The van der Waals surface area contributed by atoms with Gasteiger partial charge in [-0.05, 0) is 42.0 Å². The summed E-state index contributed by atoms with van der Waals surface area (Å²) in [6.07, 6.45) is 2.45. The van der Waals surface area contributed by atoms with Crippen molar-refractivity contribution in [3.8, 4) is 5.88 Å². The van der Waals surface area contributed by atoms with Crippen LogP contribution in [0.4, 0.5) is 5.82 Å². The normalized spacial score (nSPS) is 27.3. The molecule has 4 rings (SSSR count). The maximum atomic E-state index is 11.2. The Kier molecular flexibility index (Phi) is 6.87. The number of rotatable bonds is 8. The number of primary sulfonamides is 1. The van der Waals surface area contributed by atoms with E-state index < -0.39 is 16.1 Å². The van der Waals surface area contributed by atoms with Crippen molar-refractivity contribution in [1.29, 1.82) is 0 Å². The summed E-state index contributed by atoms with van der Waals surface area (Å²) in [6.45, 7) is 0. The van der Waals surface area contributed by atoms with Crippen molar-refractivity contribution in [2.24, 2.45) is 11.1 Å². The first-order valence-electron chi connectivity index (χ1n) is 10.5. The zero-order valence-electron chi connectivity index (χ0n) is 17.6. The van der Waals surface area contributed by atoms with E-state index in [1.165, 1.54) is 6.33 Å². The lowest BCUT2D eigenvalue weighted by molar-refractivity contribution is 0.0959. The summed E-state index contributed by atoms with van der Waals surface area (Å²) in [5, 5.41) is 19.4. The molecular formula is C21H27ClN4O5S. The minimum atomic E-state index is -3.56. The Morgan fingerprint density at radius 2 is 2.09 bits per heavy atom. The Labute approximate surface area is 192 Å². The molecule has 1 fully saturated rings. The number of nitrogens with zero attached hydrogens (tertiary/aromatic N) is 2. The van der Waals surface area contributed by atoms with Crippen LogP contribution in [-0.2, 0) is 21.2 Å². The van der Waals surface area contributed by atoms with Gasteiger partial charge in [-0.3, -0.25) is 0 Å². The minimum absolute atomic E-state index is 0.0626. The molecule has 9 nitrogen and oxygen atoms in total. The number of anilines is 1. The molecule has 0 radical (unpaired) electrons. The maximum absolute atomic E-state index is 11.2. The van der Waals surface area contributed by atoms with Crippen molar-refractivity contribution >= 4 is 27.4 Å². The summed E-state index contributed by atoms with van der Waals surface area (Å²) in [4.78, 5) is 8.50. The van der Waals surface area contributed by atoms with E-state index in [-0.39, 0.29) is 29.9 Å². The van der Waals surface area contributed by atoms with Crippen LogP contribution >= 0.6 is 11.6 Å². The number of aliphatic hydroxyl groups is 1. The van der Waals surface area contributed by atoms with E-state index in [9.17, 15) is 13.5 Å². The Morgan fingerprint density at radius 1 is 1.28 bits per heavy atom. The lowest BCUT2D eigenvalue weighted by Crippen LogP contribution is -2.24. The average molecular weight is 483 g/mol. The molecule has 32 heavy (non-hydrogen) atoms. The number of methoxy groups -OCH3 is 1. The van der Waals surface area contributed by atoms with Crippen LogP contribution in [0, 0.1) is 5.92 Å². The quantitative estimate of drug-likeness (QED) is 0.520. The largest absolute Gasteiger partial charge is 0.474 e. The van der Waals surface area contributed by atoms with Crippen LogP contribution in [0.2, 0.25) is 5.02 Å². The van der Waals surface area contributed by atoms with Gasteiger partial charge in [-0.1, -0.05) is 17.7 Å². The molecule has 1 aromatic carbocycles. The van der Waals surface area contributed by atoms with E-state index in [1.54, 1.807) is 13.2 Å². The Balaban J connectivity index is 1.41. The maximum Gasteiger partial charge on any atom is 0.218 e. The van der Waals surface area contributed by atoms with Crippen LogP contribution in [-0.4, -0.2) is 54.7 Å². The highest BCUT2D eigenvalue weighted by atomic mass is 35.5. The second-order valence-corrected chi connectivity index (χ2v) is 10.5. The SMILES string of the molecule is CO[C@H]1Cc2cc(Cl)ccc2[C@H]1Nc1cc(O[C@@H]2C[C@@H](CCS(N)(=O)=O)[C@@H](O)C2)ncn1. The third-order valence-corrected chi connectivity index (χ3v) is 7.20. The van der Waals surface area contributed by atoms with Crippen LogP contribution < -0.4 is 15.2 Å². The number of hydrogen-bond donors (Lipinski definition) is 3. The number of aromatic nitrogens is 2. The first-order valence-corrected chi connectivity index (χ1v) is 12.6. The van der Waals surface area contributed by atoms with Crippen molar-refractivity contribution in [2.45, 2.75) is 50.0 Å². The summed E-state index contributed by atoms with van der Waals surface area (Å²) in [5.74, 6) is 0.642. The predicted molar refractivity (Wildman–Crippen MR) is 120 cm³/mol. The fourth-order valence-corrected chi connectivity index (χ4v) is 5.39. The molecule has 2 aromatic rings. The molecule has 11 heteroatoms. The zero-order valence-corrected chi connectivity index (χ0v) is 19.2. The third-order valence-electron chi connectivity index (χ3n) is 6.16. The van der Waals surface area contributed by atoms with E-state index in [0.29, 0.717) is 36.0 Å². The van der Waals surface area contributed by atoms with Gasteiger partial charge >= 0.3 is 0 Å². The van der Waals surface area contributed by atoms with Crippen LogP contribution in [0.3, 0.4) is 0 Å². The van der Waals surface area contributed by atoms with Gasteiger partial charge < -0.3 is 19.9 Å². The molecule has 2 aliphatic carbocycles. The first-order chi connectivity index (χ1) is 15.2. The number of benzene rings is 1. The van der Waals surface area contributed by atoms with E-state index in [4.69, 9.17) is 26.2 Å². The average Bonchev–Trinajstić information content (AvgIpc) is 3.25. The predicted octanol–water partition coefficient (Wildman–Crippen LogP) is 2.05. The van der Waals surface area contributed by atoms with E-state index in [2.05, 4.69) is 15.3 Å². The van der Waals surface area contributed by atoms with Crippen molar-refractivity contribution in [2.75, 3.05) is 18.2 Å². The standard InChI is InChI=1S/C21H27ClN4O5S/c1-30-18-8-13-6-14(22)2-3-16(13)21(18)26-19-10-20(25-11-24-19)31-15-7-12(17(27)9-15)4-5-32(23,28)29/h2-3,6,10-12,15,17-18,21,27H,4-5,7-9H2,1H3,(H2,23,28,29)(H,24,25,26)/t12-,15-,17+,18+,21-/m1/s1. The summed E-state index contributed by atoms with van der Waals surface area (Å²) in [7, 11) is -1.88. The number of fused-ring (bicyclic) bond motifs is 1. The number of halogens is 1. The highest BCUT2D eigenvalue weighted by Crippen LogP contribution is 2.37. The van der Waals surface area contributed by atoms with Gasteiger partial charge in [0.25, 0.3) is 0 Å². The number of nitrogens with two attached hydrogens (primary N) is 1. The first kappa shape index (κ1) is 23.2. The fourth-order valence-electron chi connectivity index (χ4n) is 4.57. The highest BCUT2D eigenvalue weighted by molar-refractivity contribution is 7.89. The van der Waals surface area contributed by atoms with Gasteiger partial charge in [-0.15, -0.1) is 0 Å². The molecular weight excluding hydrogens is 456 g/mol. The molecule has 0 bridgehead atoms. The van der Waals surface area contributed by atoms with Gasteiger partial charge in [-0.2, -0.15) is 0 Å². The molecule has 1 saturated carbocycles. The molecule has 1 heterocycles. The van der Waals surface area contributed by atoms with E-state index in [0.717, 1.165) is 17.5 Å². The van der Waals surface area contributed by atoms with Crippen LogP contribution in [0.5, 0.6) is 5.88 Å². The Hall–Kier alpha value is -1.98. The molecule has 5 atom stereocenters. The zero-order chi connectivity index (χ0) is 22.9. The minimum Gasteiger partial charge on any atom is -0.474 e. The second-order valence-electron chi connectivity index (χ2n) is 8.38. The molecule has 4 N–H and O–H groups in total. The van der Waals surface area contributed by atoms with Gasteiger partial charge in [0.05, 0.1) is 24.0 Å². The number of sulfonamides is 1. The number of hydrogen-bond acceptors (Lipinski definition) is 8. The van der Waals surface area contributed by atoms with Crippen molar-refractivity contribution in [1.82, 2.24) is 9.97 Å². The van der Waals surface area contributed by atoms with E-state index >= 15 is 0 Å². The smallest absolute Gasteiger partial charge is 0.218 e. The molecule has 0 spiro atoms. The summed E-state index contributed by atoms with van der Waals surface area (Å²) >= 11 is 6.13. The number of ether oxygens (including phenoxy) is 2. The Morgan fingerprint density at radius 3 is 2.84 bits per heavy atom. The van der Waals surface area contributed by atoms with Gasteiger partial charge in [0.1, 0.15) is 18.2 Å². The van der Waals surface area contributed by atoms with E-state index in [1.807, 2.05) is 18.2 Å². The lowest BCUT2D eigenvalue weighted by atomic mass is 10.0. The molecule has 1 aromatic heterocycles. The summed E-state index contributed by atoms with van der Waals surface area (Å²) < 4.78 is 34.1. The van der Waals surface area contributed by atoms with Crippen molar-refractivity contribution in [3.05, 3.63) is 46.7 Å². The van der Waals surface area contributed by atoms with Crippen molar-refractivity contribution in [3.63, 3.8) is 0 Å². The number of aliphatic hydroxyl groups excluding tert-OH is 1.